The average molecular weight is 549 g/mol. The number of amides is 2. The zero-order valence-electron chi connectivity index (χ0n) is 21.8. The van der Waals surface area contributed by atoms with Crippen LogP contribution in [-0.4, -0.2) is 87.3 Å². The maximum atomic E-state index is 13.5. The van der Waals surface area contributed by atoms with E-state index >= 15 is 0 Å². The fourth-order valence-electron chi connectivity index (χ4n) is 4.66. The summed E-state index contributed by atoms with van der Waals surface area (Å²) in [6.45, 7) is 8.36. The summed E-state index contributed by atoms with van der Waals surface area (Å²) in [6.07, 6.45) is 2.45. The lowest BCUT2D eigenvalue weighted by molar-refractivity contribution is 0.0303. The highest BCUT2D eigenvalue weighted by Gasteiger charge is 2.31. The van der Waals surface area contributed by atoms with Crippen LogP contribution < -0.4 is 5.32 Å². The van der Waals surface area contributed by atoms with Crippen LogP contribution in [0.2, 0.25) is 0 Å². The van der Waals surface area contributed by atoms with Gasteiger partial charge in [-0.05, 0) is 49.7 Å². The van der Waals surface area contributed by atoms with Crippen molar-refractivity contribution in [3.8, 4) is 0 Å². The third-order valence-electron chi connectivity index (χ3n) is 6.86. The van der Waals surface area contributed by atoms with E-state index < -0.39 is 10.0 Å². The van der Waals surface area contributed by atoms with Crippen molar-refractivity contribution in [2.45, 2.75) is 44.6 Å². The summed E-state index contributed by atoms with van der Waals surface area (Å²) < 4.78 is 32.9. The molecule has 1 aromatic carbocycles. The molecule has 0 unspecified atom stereocenters. The topological polar surface area (TPSA) is 99.3 Å². The number of ether oxygens (including phenoxy) is 1. The summed E-state index contributed by atoms with van der Waals surface area (Å²) >= 11 is 1.45. The molecule has 0 spiro atoms. The molecule has 0 radical (unpaired) electrons. The van der Waals surface area contributed by atoms with Crippen molar-refractivity contribution in [1.82, 2.24) is 14.1 Å². The van der Waals surface area contributed by atoms with Crippen molar-refractivity contribution in [2.75, 3.05) is 58.3 Å². The third-order valence-corrected chi connectivity index (χ3v) is 9.98. The number of nitrogens with one attached hydrogen (secondary N) is 1. The van der Waals surface area contributed by atoms with Crippen molar-refractivity contribution >= 4 is 38.2 Å². The molecule has 0 saturated carbocycles. The van der Waals surface area contributed by atoms with Gasteiger partial charge in [-0.15, -0.1) is 11.3 Å². The molecule has 2 aliphatic heterocycles. The second kappa shape index (κ2) is 12.0. The van der Waals surface area contributed by atoms with Gasteiger partial charge in [0.25, 0.3) is 11.8 Å². The number of rotatable bonds is 9. The van der Waals surface area contributed by atoms with E-state index in [4.69, 9.17) is 4.74 Å². The van der Waals surface area contributed by atoms with Gasteiger partial charge in [0.05, 0.1) is 23.7 Å². The van der Waals surface area contributed by atoms with E-state index in [1.54, 1.807) is 4.90 Å². The number of anilines is 1. The first-order chi connectivity index (χ1) is 17.8. The summed E-state index contributed by atoms with van der Waals surface area (Å²) in [6, 6.07) is 6.02. The Labute approximate surface area is 223 Å². The Balaban J connectivity index is 1.57. The van der Waals surface area contributed by atoms with Gasteiger partial charge in [0.1, 0.15) is 5.00 Å². The number of benzene rings is 1. The fourth-order valence-corrected chi connectivity index (χ4v) is 7.46. The van der Waals surface area contributed by atoms with E-state index in [0.29, 0.717) is 55.5 Å². The number of fused-ring (bicyclic) bond motifs is 1. The van der Waals surface area contributed by atoms with Gasteiger partial charge in [-0.25, -0.2) is 8.42 Å². The Kier molecular flexibility index (Phi) is 9.02. The number of sulfonamides is 1. The predicted octanol–water partition coefficient (Wildman–Crippen LogP) is 3.27. The van der Waals surface area contributed by atoms with Crippen LogP contribution in [-0.2, 0) is 27.7 Å². The molecule has 1 fully saturated rings. The molecule has 2 aliphatic rings. The average Bonchev–Trinajstić information content (AvgIpc) is 3.25. The highest BCUT2D eigenvalue weighted by atomic mass is 32.2. The zero-order valence-corrected chi connectivity index (χ0v) is 23.4. The molecule has 0 atom stereocenters. The Bertz CT molecular complexity index is 1220. The van der Waals surface area contributed by atoms with Crippen molar-refractivity contribution in [2.24, 2.45) is 0 Å². The van der Waals surface area contributed by atoms with Gasteiger partial charge in [-0.1, -0.05) is 20.3 Å². The van der Waals surface area contributed by atoms with Gasteiger partial charge in [0.2, 0.25) is 10.0 Å². The number of thiophene rings is 1. The van der Waals surface area contributed by atoms with Crippen molar-refractivity contribution in [3.05, 3.63) is 45.8 Å². The van der Waals surface area contributed by atoms with Crippen LogP contribution in [0.4, 0.5) is 5.00 Å². The molecule has 37 heavy (non-hydrogen) atoms. The van der Waals surface area contributed by atoms with Crippen LogP contribution in [0.25, 0.3) is 0 Å². The number of morpholine rings is 1. The number of unbranched alkanes of at least 4 members (excludes halogenated alkanes) is 1. The Hall–Kier alpha value is -2.31. The summed E-state index contributed by atoms with van der Waals surface area (Å²) in [5, 5.41) is 3.51. The number of carbonyl (C=O) groups excluding carboxylic acids is 2. The van der Waals surface area contributed by atoms with Crippen LogP contribution in [0.15, 0.2) is 29.2 Å². The van der Waals surface area contributed by atoms with E-state index in [1.807, 2.05) is 20.9 Å². The lowest BCUT2D eigenvalue weighted by Crippen LogP contribution is -2.41. The van der Waals surface area contributed by atoms with Gasteiger partial charge >= 0.3 is 0 Å². The summed E-state index contributed by atoms with van der Waals surface area (Å²) in [5.74, 6) is -0.445. The van der Waals surface area contributed by atoms with E-state index in [-0.39, 0.29) is 16.7 Å². The zero-order chi connectivity index (χ0) is 26.6. The molecular weight excluding hydrogens is 512 g/mol. The molecule has 0 aliphatic carbocycles. The van der Waals surface area contributed by atoms with Crippen LogP contribution in [0, 0.1) is 0 Å². The highest BCUT2D eigenvalue weighted by Crippen LogP contribution is 2.38. The van der Waals surface area contributed by atoms with Crippen LogP contribution in [0.5, 0.6) is 0 Å². The van der Waals surface area contributed by atoms with E-state index in [1.165, 1.54) is 39.9 Å². The van der Waals surface area contributed by atoms with Crippen molar-refractivity contribution in [1.29, 1.82) is 0 Å². The van der Waals surface area contributed by atoms with E-state index in [2.05, 4.69) is 10.2 Å². The van der Waals surface area contributed by atoms with Gasteiger partial charge in [-0.3, -0.25) is 9.59 Å². The molecule has 1 N–H and O–H groups in total. The first-order valence-electron chi connectivity index (χ1n) is 12.9. The van der Waals surface area contributed by atoms with E-state index in [9.17, 15) is 18.0 Å². The summed E-state index contributed by atoms with van der Waals surface area (Å²) in [5.41, 5.74) is 1.93. The van der Waals surface area contributed by atoms with Gasteiger partial charge in [-0.2, -0.15) is 4.31 Å². The SMILES string of the molecule is CCCCN(CC)S(=O)(=O)c1ccc(C(=O)Nc2sc3c(c2C(=O)N2CCOCC2)CCN(C)C3)cc1. The maximum Gasteiger partial charge on any atom is 0.257 e. The third kappa shape index (κ3) is 6.06. The second-order valence-electron chi connectivity index (χ2n) is 9.43. The quantitative estimate of drug-likeness (QED) is 0.517. The molecule has 2 amide bonds. The molecule has 4 rings (SSSR count). The highest BCUT2D eigenvalue weighted by molar-refractivity contribution is 7.89. The number of hydrogen-bond acceptors (Lipinski definition) is 7. The first-order valence-corrected chi connectivity index (χ1v) is 15.1. The molecular formula is C26H36N4O5S2. The number of carbonyl (C=O) groups is 2. The van der Waals surface area contributed by atoms with Crippen molar-refractivity contribution in [3.63, 3.8) is 0 Å². The molecule has 1 saturated heterocycles. The first kappa shape index (κ1) is 27.7. The monoisotopic (exact) mass is 548 g/mol. The largest absolute Gasteiger partial charge is 0.378 e. The summed E-state index contributed by atoms with van der Waals surface area (Å²) in [7, 11) is -1.58. The smallest absolute Gasteiger partial charge is 0.257 e. The second-order valence-corrected chi connectivity index (χ2v) is 12.5. The fraction of sp³-hybridized carbons (Fsp3) is 0.538. The predicted molar refractivity (Wildman–Crippen MR) is 145 cm³/mol. The maximum absolute atomic E-state index is 13.5. The molecule has 1 aromatic heterocycles. The lowest BCUT2D eigenvalue weighted by Gasteiger charge is -2.28. The van der Waals surface area contributed by atoms with Gasteiger partial charge in [0, 0.05) is 49.7 Å². The number of hydrogen-bond donors (Lipinski definition) is 1. The Morgan fingerprint density at radius 2 is 1.81 bits per heavy atom. The molecule has 0 bridgehead atoms. The Morgan fingerprint density at radius 1 is 1.11 bits per heavy atom. The molecule has 3 heterocycles. The molecule has 2 aromatic rings. The molecule has 202 valence electrons. The number of likely N-dealkylation sites (N-methyl/N-ethyl adjacent to an activating group) is 1. The van der Waals surface area contributed by atoms with Crippen LogP contribution in [0.3, 0.4) is 0 Å². The minimum atomic E-state index is -3.62. The normalized spacial score (nSPS) is 16.6. The molecule has 9 nitrogen and oxygen atoms in total. The van der Waals surface area contributed by atoms with Crippen LogP contribution in [0.1, 0.15) is 57.8 Å². The van der Waals surface area contributed by atoms with Crippen molar-refractivity contribution < 1.29 is 22.7 Å². The Morgan fingerprint density at radius 3 is 2.46 bits per heavy atom. The standard InChI is InChI=1S/C26H36N4O5S2/c1-4-6-12-30(5-2)37(33,34)20-9-7-19(8-10-20)24(31)27-25-23(26(32)29-14-16-35-17-15-29)21-11-13-28(3)18-22(21)36-25/h7-10H,4-6,11-18H2,1-3H3,(H,27,31). The molecule has 11 heteroatoms. The number of nitrogens with zero attached hydrogens (tertiary/aromatic N) is 3. The van der Waals surface area contributed by atoms with Gasteiger partial charge < -0.3 is 19.9 Å². The van der Waals surface area contributed by atoms with E-state index in [0.717, 1.165) is 42.8 Å². The van der Waals surface area contributed by atoms with Gasteiger partial charge in [0.15, 0.2) is 0 Å². The minimum Gasteiger partial charge on any atom is -0.378 e. The minimum absolute atomic E-state index is 0.0752. The summed E-state index contributed by atoms with van der Waals surface area (Å²) in [4.78, 5) is 32.0. The lowest BCUT2D eigenvalue weighted by atomic mass is 10.0. The van der Waals surface area contributed by atoms with Crippen LogP contribution >= 0.6 is 11.3 Å².